The first kappa shape index (κ1) is 12.8. The van der Waals surface area contributed by atoms with Crippen LogP contribution in [0.3, 0.4) is 0 Å². The highest BCUT2D eigenvalue weighted by molar-refractivity contribution is 6.31. The van der Waals surface area contributed by atoms with Crippen LogP contribution in [0.15, 0.2) is 18.2 Å². The Kier molecular flexibility index (Phi) is 5.08. The number of ether oxygens (including phenoxy) is 1. The molecule has 0 aromatic heterocycles. The molecular weight excluding hydrogens is 230 g/mol. The van der Waals surface area contributed by atoms with Gasteiger partial charge in [-0.2, -0.15) is 0 Å². The first-order chi connectivity index (χ1) is 7.63. The normalized spacial score (nSPS) is 10.1. The van der Waals surface area contributed by atoms with E-state index in [1.165, 1.54) is 0 Å². The van der Waals surface area contributed by atoms with Gasteiger partial charge in [-0.05, 0) is 30.7 Å². The predicted molar refractivity (Wildman–Crippen MR) is 62.2 cm³/mol. The highest BCUT2D eigenvalue weighted by atomic mass is 35.5. The van der Waals surface area contributed by atoms with E-state index in [2.05, 4.69) is 5.32 Å². The molecule has 1 rings (SSSR count). The molecule has 16 heavy (non-hydrogen) atoms. The number of carbonyl (C=O) groups is 1. The van der Waals surface area contributed by atoms with Gasteiger partial charge in [0.15, 0.2) is 0 Å². The number of benzene rings is 1. The van der Waals surface area contributed by atoms with E-state index in [-0.39, 0.29) is 6.54 Å². The zero-order chi connectivity index (χ0) is 12.0. The molecule has 0 amide bonds. The lowest BCUT2D eigenvalue weighted by Gasteiger charge is -2.06. The predicted octanol–water partition coefficient (Wildman–Crippen LogP) is 1.57. The summed E-state index contributed by atoms with van der Waals surface area (Å²) in [5.74, 6) is -0.145. The van der Waals surface area contributed by atoms with Gasteiger partial charge in [-0.15, -0.1) is 0 Å². The molecule has 0 atom stereocenters. The van der Waals surface area contributed by atoms with Gasteiger partial charge < -0.3 is 15.2 Å². The fourth-order valence-corrected chi connectivity index (χ4v) is 1.54. The van der Waals surface area contributed by atoms with Crippen LogP contribution in [0, 0.1) is 0 Å². The lowest BCUT2D eigenvalue weighted by Crippen LogP contribution is -2.24. The summed E-state index contributed by atoms with van der Waals surface area (Å²) >= 11 is 6.03. The van der Waals surface area contributed by atoms with Crippen molar-refractivity contribution in [1.29, 1.82) is 0 Å². The molecule has 1 aromatic carbocycles. The molecule has 0 aliphatic heterocycles. The number of hydrogen-bond donors (Lipinski definition) is 2. The summed E-state index contributed by atoms with van der Waals surface area (Å²) in [6.07, 6.45) is 0.691. The highest BCUT2D eigenvalue weighted by Crippen LogP contribution is 2.22. The number of aliphatic carboxylic acids is 1. The molecule has 5 heteroatoms. The number of hydrogen-bond acceptors (Lipinski definition) is 3. The van der Waals surface area contributed by atoms with Gasteiger partial charge in [0.2, 0.25) is 0 Å². The molecule has 0 radical (unpaired) electrons. The van der Waals surface area contributed by atoms with Crippen molar-refractivity contribution in [3.05, 3.63) is 28.8 Å². The summed E-state index contributed by atoms with van der Waals surface area (Å²) in [4.78, 5) is 10.3. The van der Waals surface area contributed by atoms with Crippen LogP contribution in [0.2, 0.25) is 5.02 Å². The average molecular weight is 244 g/mol. The number of nitrogens with one attached hydrogen (secondary N) is 1. The molecule has 88 valence electrons. The highest BCUT2D eigenvalue weighted by Gasteiger charge is 2.02. The lowest BCUT2D eigenvalue weighted by molar-refractivity contribution is -0.135. The van der Waals surface area contributed by atoms with Gasteiger partial charge in [0.1, 0.15) is 5.75 Å². The van der Waals surface area contributed by atoms with E-state index in [0.717, 1.165) is 5.56 Å². The number of methoxy groups -OCH3 is 1. The van der Waals surface area contributed by atoms with Gasteiger partial charge in [0.25, 0.3) is 0 Å². The van der Waals surface area contributed by atoms with Crippen molar-refractivity contribution < 1.29 is 14.6 Å². The topological polar surface area (TPSA) is 58.6 Å². The quantitative estimate of drug-likeness (QED) is 0.745. The SMILES string of the molecule is COc1ccc(CCNCC(=O)O)c(Cl)c1. The van der Waals surface area contributed by atoms with Gasteiger partial charge >= 0.3 is 5.97 Å². The number of carboxylic acid groups (broad SMARTS) is 1. The molecule has 1 aromatic rings. The largest absolute Gasteiger partial charge is 0.497 e. The minimum Gasteiger partial charge on any atom is -0.497 e. The second kappa shape index (κ2) is 6.35. The maximum atomic E-state index is 10.3. The monoisotopic (exact) mass is 243 g/mol. The van der Waals surface area contributed by atoms with Crippen LogP contribution in [-0.2, 0) is 11.2 Å². The van der Waals surface area contributed by atoms with Gasteiger partial charge in [0.05, 0.1) is 13.7 Å². The van der Waals surface area contributed by atoms with Crippen LogP contribution in [0.25, 0.3) is 0 Å². The molecule has 0 unspecified atom stereocenters. The third kappa shape index (κ3) is 4.08. The second-order valence-electron chi connectivity index (χ2n) is 3.28. The first-order valence-electron chi connectivity index (χ1n) is 4.88. The first-order valence-corrected chi connectivity index (χ1v) is 5.26. The molecule has 0 fully saturated rings. The molecule has 0 aliphatic carbocycles. The van der Waals surface area contributed by atoms with Crippen LogP contribution in [-0.4, -0.2) is 31.3 Å². The summed E-state index contributed by atoms with van der Waals surface area (Å²) in [7, 11) is 1.58. The van der Waals surface area contributed by atoms with Crippen LogP contribution in [0.4, 0.5) is 0 Å². The van der Waals surface area contributed by atoms with Crippen molar-refractivity contribution in [3.8, 4) is 5.75 Å². The van der Waals surface area contributed by atoms with E-state index >= 15 is 0 Å². The molecule has 0 saturated heterocycles. The fourth-order valence-electron chi connectivity index (χ4n) is 1.28. The Balaban J connectivity index is 2.45. The molecule has 2 N–H and O–H groups in total. The number of rotatable bonds is 6. The summed E-state index contributed by atoms with van der Waals surface area (Å²) in [5, 5.41) is 11.9. The van der Waals surface area contributed by atoms with Gasteiger partial charge in [-0.3, -0.25) is 4.79 Å². The average Bonchev–Trinajstić information content (AvgIpc) is 2.25. The van der Waals surface area contributed by atoms with Crippen LogP contribution in [0.1, 0.15) is 5.56 Å². The number of halogens is 1. The molecule has 4 nitrogen and oxygen atoms in total. The van der Waals surface area contributed by atoms with Crippen molar-refractivity contribution in [2.24, 2.45) is 0 Å². The van der Waals surface area contributed by atoms with Crippen LogP contribution >= 0.6 is 11.6 Å². The van der Waals surface area contributed by atoms with Gasteiger partial charge in [0, 0.05) is 5.02 Å². The Hall–Kier alpha value is -1.26. The maximum absolute atomic E-state index is 10.3. The fraction of sp³-hybridized carbons (Fsp3) is 0.364. The zero-order valence-electron chi connectivity index (χ0n) is 9.00. The Morgan fingerprint density at radius 2 is 2.31 bits per heavy atom. The summed E-state index contributed by atoms with van der Waals surface area (Å²) in [6, 6.07) is 5.45. The molecule has 0 saturated carbocycles. The standard InChI is InChI=1S/C11H14ClNO3/c1-16-9-3-2-8(10(12)6-9)4-5-13-7-11(14)15/h2-3,6,13H,4-5,7H2,1H3,(H,14,15). The Morgan fingerprint density at radius 1 is 1.56 bits per heavy atom. The zero-order valence-corrected chi connectivity index (χ0v) is 9.75. The maximum Gasteiger partial charge on any atom is 0.317 e. The third-order valence-electron chi connectivity index (χ3n) is 2.11. The number of carboxylic acids is 1. The Morgan fingerprint density at radius 3 is 2.88 bits per heavy atom. The van der Waals surface area contributed by atoms with E-state index in [1.807, 2.05) is 12.1 Å². The summed E-state index contributed by atoms with van der Waals surface area (Å²) in [6.45, 7) is 0.548. The third-order valence-corrected chi connectivity index (χ3v) is 2.46. The van der Waals surface area contributed by atoms with Crippen molar-refractivity contribution >= 4 is 17.6 Å². The van der Waals surface area contributed by atoms with Crippen LogP contribution in [0.5, 0.6) is 5.75 Å². The van der Waals surface area contributed by atoms with E-state index in [9.17, 15) is 4.79 Å². The van der Waals surface area contributed by atoms with Crippen molar-refractivity contribution in [2.45, 2.75) is 6.42 Å². The van der Waals surface area contributed by atoms with E-state index in [0.29, 0.717) is 23.7 Å². The summed E-state index contributed by atoms with van der Waals surface area (Å²) < 4.78 is 5.03. The molecule has 0 heterocycles. The van der Waals surface area contributed by atoms with Gasteiger partial charge in [-0.25, -0.2) is 0 Å². The van der Waals surface area contributed by atoms with E-state index < -0.39 is 5.97 Å². The lowest BCUT2D eigenvalue weighted by atomic mass is 10.1. The minimum atomic E-state index is -0.860. The molecule has 0 aliphatic rings. The molecule has 0 spiro atoms. The molecule has 0 bridgehead atoms. The Bertz CT molecular complexity index is 368. The van der Waals surface area contributed by atoms with Crippen molar-refractivity contribution in [3.63, 3.8) is 0 Å². The van der Waals surface area contributed by atoms with Gasteiger partial charge in [-0.1, -0.05) is 17.7 Å². The van der Waals surface area contributed by atoms with E-state index in [1.54, 1.807) is 13.2 Å². The van der Waals surface area contributed by atoms with Crippen molar-refractivity contribution in [2.75, 3.05) is 20.2 Å². The minimum absolute atomic E-state index is 0.0340. The van der Waals surface area contributed by atoms with E-state index in [4.69, 9.17) is 21.4 Å². The Labute approximate surface area is 99.2 Å². The molecular formula is C11H14ClNO3. The summed E-state index contributed by atoms with van der Waals surface area (Å²) in [5.41, 5.74) is 0.973. The van der Waals surface area contributed by atoms with Crippen LogP contribution < -0.4 is 10.1 Å². The van der Waals surface area contributed by atoms with Crippen molar-refractivity contribution in [1.82, 2.24) is 5.32 Å². The smallest absolute Gasteiger partial charge is 0.317 e. The second-order valence-corrected chi connectivity index (χ2v) is 3.69.